The van der Waals surface area contributed by atoms with E-state index in [4.69, 9.17) is 23.2 Å². The molecule has 0 unspecified atom stereocenters. The van der Waals surface area contributed by atoms with E-state index in [9.17, 15) is 18.0 Å². The molecule has 0 aliphatic heterocycles. The molecule has 7 nitrogen and oxygen atoms in total. The number of nitrogens with zero attached hydrogens (tertiary/aromatic N) is 2. The molecule has 0 heterocycles. The quantitative estimate of drug-likeness (QED) is 0.408. The van der Waals surface area contributed by atoms with Crippen molar-refractivity contribution in [2.45, 2.75) is 57.7 Å². The summed E-state index contributed by atoms with van der Waals surface area (Å²) in [6.07, 6.45) is 6.13. The van der Waals surface area contributed by atoms with Gasteiger partial charge in [0, 0.05) is 17.1 Å². The van der Waals surface area contributed by atoms with Crippen LogP contribution in [0.2, 0.25) is 10.0 Å². The second kappa shape index (κ2) is 12.6. The molecule has 1 aliphatic rings. The van der Waals surface area contributed by atoms with Crippen LogP contribution in [0.3, 0.4) is 0 Å². The maximum absolute atomic E-state index is 13.6. The highest BCUT2D eigenvalue weighted by molar-refractivity contribution is 9.10. The predicted octanol–water partition coefficient (Wildman–Crippen LogP) is 5.39. The molecule has 2 amide bonds. The monoisotopic (exact) mass is 617 g/mol. The number of carbonyl (C=O) groups is 2. The van der Waals surface area contributed by atoms with Crippen molar-refractivity contribution in [1.29, 1.82) is 0 Å². The van der Waals surface area contributed by atoms with E-state index in [1.165, 1.54) is 23.1 Å². The molecule has 0 spiro atoms. The van der Waals surface area contributed by atoms with Crippen LogP contribution in [0.25, 0.3) is 0 Å². The number of anilines is 1. The first-order valence-corrected chi connectivity index (χ1v) is 15.1. The van der Waals surface area contributed by atoms with Gasteiger partial charge in [-0.25, -0.2) is 8.42 Å². The third-order valence-electron chi connectivity index (χ3n) is 6.26. The third kappa shape index (κ3) is 7.84. The van der Waals surface area contributed by atoms with Crippen molar-refractivity contribution in [2.75, 3.05) is 17.1 Å². The summed E-state index contributed by atoms with van der Waals surface area (Å²) in [6, 6.07) is 11.0. The number of halogens is 3. The molecule has 1 N–H and O–H groups in total. The number of sulfonamides is 1. The van der Waals surface area contributed by atoms with E-state index in [0.29, 0.717) is 0 Å². The molecule has 0 saturated heterocycles. The van der Waals surface area contributed by atoms with E-state index in [1.54, 1.807) is 6.92 Å². The Morgan fingerprint density at radius 2 is 1.69 bits per heavy atom. The van der Waals surface area contributed by atoms with Crippen LogP contribution in [-0.2, 0) is 26.2 Å². The van der Waals surface area contributed by atoms with Crippen molar-refractivity contribution in [3.8, 4) is 0 Å². The maximum atomic E-state index is 13.6. The van der Waals surface area contributed by atoms with Gasteiger partial charge in [-0.05, 0) is 55.7 Å². The van der Waals surface area contributed by atoms with Gasteiger partial charge in [0.2, 0.25) is 21.8 Å². The molecule has 2 aromatic rings. The number of hydrogen-bond acceptors (Lipinski definition) is 4. The molecule has 1 atom stereocenters. The predicted molar refractivity (Wildman–Crippen MR) is 148 cm³/mol. The van der Waals surface area contributed by atoms with Gasteiger partial charge in [-0.1, -0.05) is 70.5 Å². The molecule has 3 rings (SSSR count). The van der Waals surface area contributed by atoms with Crippen LogP contribution in [0.15, 0.2) is 46.9 Å². The van der Waals surface area contributed by atoms with Gasteiger partial charge in [0.15, 0.2) is 0 Å². The lowest BCUT2D eigenvalue weighted by Crippen LogP contribution is -2.52. The van der Waals surface area contributed by atoms with E-state index in [2.05, 4.69) is 21.2 Å². The summed E-state index contributed by atoms with van der Waals surface area (Å²) in [4.78, 5) is 28.2. The summed E-state index contributed by atoms with van der Waals surface area (Å²) >= 11 is 15.5. The first-order chi connectivity index (χ1) is 17.0. The average Bonchev–Trinajstić information content (AvgIpc) is 2.83. The molecule has 0 aromatic heterocycles. The standard InChI is InChI=1S/C25H30BrCl2N3O4S/c1-17(25(33)29-20-6-4-3-5-7-20)30(15-18-8-10-19(26)11-9-18)24(32)16-31(36(2,34)35)21-12-13-22(27)23(28)14-21/h8-14,17,20H,3-7,15-16H2,1-2H3,(H,29,33)/t17-/m0/s1. The maximum Gasteiger partial charge on any atom is 0.244 e. The first kappa shape index (κ1) is 28.8. The second-order valence-corrected chi connectivity index (χ2v) is 12.7. The van der Waals surface area contributed by atoms with Crippen molar-refractivity contribution in [3.63, 3.8) is 0 Å². The Hall–Kier alpha value is -1.81. The number of hydrogen-bond donors (Lipinski definition) is 1. The normalized spacial score (nSPS) is 15.2. The summed E-state index contributed by atoms with van der Waals surface area (Å²) in [5.41, 5.74) is 1.02. The number of benzene rings is 2. The minimum absolute atomic E-state index is 0.0852. The largest absolute Gasteiger partial charge is 0.352 e. The summed E-state index contributed by atoms with van der Waals surface area (Å²) in [5, 5.41) is 3.51. The van der Waals surface area contributed by atoms with Crippen LogP contribution in [0.5, 0.6) is 0 Å². The number of nitrogens with one attached hydrogen (secondary N) is 1. The smallest absolute Gasteiger partial charge is 0.244 e. The number of amides is 2. The molecule has 0 radical (unpaired) electrons. The molecule has 1 aliphatic carbocycles. The highest BCUT2D eigenvalue weighted by Gasteiger charge is 2.31. The van der Waals surface area contributed by atoms with Gasteiger partial charge in [-0.2, -0.15) is 0 Å². The molecule has 1 fully saturated rings. The van der Waals surface area contributed by atoms with Crippen LogP contribution in [0.4, 0.5) is 5.69 Å². The minimum Gasteiger partial charge on any atom is -0.352 e. The first-order valence-electron chi connectivity index (χ1n) is 11.7. The van der Waals surface area contributed by atoms with Crippen LogP contribution in [-0.4, -0.2) is 50.0 Å². The van der Waals surface area contributed by atoms with Crippen LogP contribution >= 0.6 is 39.1 Å². The van der Waals surface area contributed by atoms with Gasteiger partial charge >= 0.3 is 0 Å². The minimum atomic E-state index is -3.85. The van der Waals surface area contributed by atoms with E-state index in [-0.39, 0.29) is 34.2 Å². The van der Waals surface area contributed by atoms with Crippen molar-refractivity contribution in [2.24, 2.45) is 0 Å². The molecular formula is C25H30BrCl2N3O4S. The number of rotatable bonds is 9. The Labute approximate surface area is 231 Å². The van der Waals surface area contributed by atoms with Crippen molar-refractivity contribution in [3.05, 3.63) is 62.5 Å². The van der Waals surface area contributed by atoms with Crippen molar-refractivity contribution in [1.82, 2.24) is 10.2 Å². The van der Waals surface area contributed by atoms with Crippen molar-refractivity contribution < 1.29 is 18.0 Å². The molecular weight excluding hydrogens is 589 g/mol. The molecule has 0 bridgehead atoms. The fourth-order valence-electron chi connectivity index (χ4n) is 4.19. The van der Waals surface area contributed by atoms with Gasteiger partial charge < -0.3 is 10.2 Å². The van der Waals surface area contributed by atoms with Gasteiger partial charge in [0.05, 0.1) is 22.0 Å². The van der Waals surface area contributed by atoms with Crippen LogP contribution < -0.4 is 9.62 Å². The number of carbonyl (C=O) groups excluding carboxylic acids is 2. The Morgan fingerprint density at radius 3 is 2.28 bits per heavy atom. The topological polar surface area (TPSA) is 86.8 Å². The Balaban J connectivity index is 1.87. The summed E-state index contributed by atoms with van der Waals surface area (Å²) in [5.74, 6) is -0.770. The van der Waals surface area contributed by atoms with E-state index < -0.39 is 28.5 Å². The highest BCUT2D eigenvalue weighted by Crippen LogP contribution is 2.29. The van der Waals surface area contributed by atoms with Crippen LogP contribution in [0, 0.1) is 0 Å². The lowest BCUT2D eigenvalue weighted by molar-refractivity contribution is -0.139. The van der Waals surface area contributed by atoms with E-state index in [1.807, 2.05) is 24.3 Å². The third-order valence-corrected chi connectivity index (χ3v) is 8.66. The molecule has 36 heavy (non-hydrogen) atoms. The fourth-order valence-corrected chi connectivity index (χ4v) is 5.59. The average molecular weight is 619 g/mol. The zero-order valence-electron chi connectivity index (χ0n) is 20.2. The highest BCUT2D eigenvalue weighted by atomic mass is 79.9. The molecule has 1 saturated carbocycles. The lowest BCUT2D eigenvalue weighted by atomic mass is 9.95. The summed E-state index contributed by atoms with van der Waals surface area (Å²) < 4.78 is 27.1. The van der Waals surface area contributed by atoms with E-state index >= 15 is 0 Å². The fraction of sp³-hybridized carbons (Fsp3) is 0.440. The second-order valence-electron chi connectivity index (χ2n) is 9.04. The summed E-state index contributed by atoms with van der Waals surface area (Å²) in [7, 11) is -3.85. The molecule has 11 heteroatoms. The van der Waals surface area contributed by atoms with Gasteiger partial charge in [-0.15, -0.1) is 0 Å². The SMILES string of the molecule is C[C@@H](C(=O)NC1CCCCC1)N(Cc1ccc(Br)cc1)C(=O)CN(c1ccc(Cl)c(Cl)c1)S(C)(=O)=O. The molecule has 2 aromatic carbocycles. The lowest BCUT2D eigenvalue weighted by Gasteiger charge is -2.33. The Morgan fingerprint density at radius 1 is 1.06 bits per heavy atom. The Bertz CT molecular complexity index is 1190. The Kier molecular flexibility index (Phi) is 10.1. The van der Waals surface area contributed by atoms with Gasteiger partial charge in [0.1, 0.15) is 12.6 Å². The van der Waals surface area contributed by atoms with E-state index in [0.717, 1.165) is 52.7 Å². The van der Waals surface area contributed by atoms with Gasteiger partial charge in [0.25, 0.3) is 0 Å². The zero-order chi connectivity index (χ0) is 26.5. The zero-order valence-corrected chi connectivity index (χ0v) is 24.1. The van der Waals surface area contributed by atoms with Crippen molar-refractivity contribution >= 4 is 66.7 Å². The molecule has 196 valence electrons. The van der Waals surface area contributed by atoms with Crippen LogP contribution in [0.1, 0.15) is 44.6 Å². The van der Waals surface area contributed by atoms with Gasteiger partial charge in [-0.3, -0.25) is 13.9 Å². The summed E-state index contributed by atoms with van der Waals surface area (Å²) in [6.45, 7) is 1.32.